The van der Waals surface area contributed by atoms with Crippen molar-refractivity contribution in [3.05, 3.63) is 60.2 Å². The van der Waals surface area contributed by atoms with Crippen LogP contribution in [-0.4, -0.2) is 30.5 Å². The maximum Gasteiger partial charge on any atom is 0.323 e. The Morgan fingerprint density at radius 3 is 2.50 bits per heavy atom. The molecule has 28 heavy (non-hydrogen) atoms. The highest BCUT2D eigenvalue weighted by atomic mass is 16.4. The van der Waals surface area contributed by atoms with E-state index in [-0.39, 0.29) is 5.92 Å². The fraction of sp³-hybridized carbons (Fsp3) is 0.435. The fourth-order valence-electron chi connectivity index (χ4n) is 4.01. The van der Waals surface area contributed by atoms with E-state index in [2.05, 4.69) is 41.7 Å². The maximum absolute atomic E-state index is 11.7. The van der Waals surface area contributed by atoms with Crippen LogP contribution >= 0.6 is 0 Å². The molecule has 2 aromatic rings. The first kappa shape index (κ1) is 20.6. The number of benzene rings is 2. The number of nitrogens with two attached hydrogens (primary N) is 1. The predicted octanol–water partition coefficient (Wildman–Crippen LogP) is 3.76. The number of carboxylic acid groups (broad SMARTS) is 1. The normalized spacial score (nSPS) is 20.9. The number of nitrogens with one attached hydrogen (secondary N) is 1. The molecule has 5 heteroatoms. The molecule has 4 N–H and O–H groups in total. The minimum atomic E-state index is -1.12. The lowest BCUT2D eigenvalue weighted by Crippen LogP contribution is -2.60. The largest absolute Gasteiger partial charge is 0.480 e. The van der Waals surface area contributed by atoms with Gasteiger partial charge in [-0.1, -0.05) is 67.7 Å². The van der Waals surface area contributed by atoms with Gasteiger partial charge in [0.1, 0.15) is 5.54 Å². The molecular formula is C23H29BN2O2. The van der Waals surface area contributed by atoms with Crippen molar-refractivity contribution in [2.75, 3.05) is 0 Å². The van der Waals surface area contributed by atoms with Crippen molar-refractivity contribution in [3.63, 3.8) is 0 Å². The minimum absolute atomic E-state index is 0.0240. The Balaban J connectivity index is 1.52. The molecule has 0 heterocycles. The lowest BCUT2D eigenvalue weighted by atomic mass is 9.66. The van der Waals surface area contributed by atoms with Crippen LogP contribution in [0, 0.1) is 5.92 Å². The van der Waals surface area contributed by atoms with Gasteiger partial charge in [0, 0.05) is 12.6 Å². The highest BCUT2D eigenvalue weighted by Crippen LogP contribution is 2.38. The zero-order valence-electron chi connectivity index (χ0n) is 16.3. The van der Waals surface area contributed by atoms with Crippen molar-refractivity contribution in [2.45, 2.75) is 56.5 Å². The van der Waals surface area contributed by atoms with Crippen LogP contribution in [0.4, 0.5) is 0 Å². The van der Waals surface area contributed by atoms with Gasteiger partial charge in [0.2, 0.25) is 0 Å². The quantitative estimate of drug-likeness (QED) is 0.436. The second-order valence-corrected chi connectivity index (χ2v) is 7.90. The third kappa shape index (κ3) is 4.84. The summed E-state index contributed by atoms with van der Waals surface area (Å²) in [6.07, 6.45) is 4.27. The Bertz CT molecular complexity index is 777. The second kappa shape index (κ2) is 9.40. The predicted molar refractivity (Wildman–Crippen MR) is 114 cm³/mol. The molecule has 2 aromatic carbocycles. The molecule has 0 spiro atoms. The first-order valence-electron chi connectivity index (χ1n) is 10.1. The average molecular weight is 376 g/mol. The molecule has 0 aliphatic heterocycles. The Hall–Kier alpha value is -2.11. The van der Waals surface area contributed by atoms with Crippen molar-refractivity contribution in [3.8, 4) is 11.1 Å². The first-order chi connectivity index (χ1) is 13.5. The van der Waals surface area contributed by atoms with Crippen LogP contribution < -0.4 is 11.1 Å². The lowest BCUT2D eigenvalue weighted by Gasteiger charge is -2.45. The van der Waals surface area contributed by atoms with E-state index in [1.54, 1.807) is 0 Å². The fourth-order valence-corrected chi connectivity index (χ4v) is 4.01. The summed E-state index contributed by atoms with van der Waals surface area (Å²) in [6.45, 7) is 0.774. The van der Waals surface area contributed by atoms with E-state index in [4.69, 9.17) is 13.6 Å². The van der Waals surface area contributed by atoms with Gasteiger partial charge in [-0.05, 0) is 47.9 Å². The SMILES string of the molecule is [B]CCCCC(N)(C(=O)O)C1CC(NCc2cccc(-c3ccccc3)c2)C1. The molecule has 146 valence electrons. The van der Waals surface area contributed by atoms with Gasteiger partial charge >= 0.3 is 5.97 Å². The number of rotatable bonds is 10. The molecule has 1 fully saturated rings. The smallest absolute Gasteiger partial charge is 0.323 e. The molecule has 3 rings (SSSR count). The van der Waals surface area contributed by atoms with E-state index in [1.165, 1.54) is 16.7 Å². The second-order valence-electron chi connectivity index (χ2n) is 7.90. The van der Waals surface area contributed by atoms with E-state index < -0.39 is 11.5 Å². The number of hydrogen-bond acceptors (Lipinski definition) is 3. The molecule has 1 unspecified atom stereocenters. The molecule has 0 bridgehead atoms. The van der Waals surface area contributed by atoms with Crippen LogP contribution in [0.15, 0.2) is 54.6 Å². The molecule has 2 radical (unpaired) electrons. The minimum Gasteiger partial charge on any atom is -0.480 e. The van der Waals surface area contributed by atoms with Crippen LogP contribution in [0.2, 0.25) is 6.32 Å². The molecule has 1 atom stereocenters. The van der Waals surface area contributed by atoms with Crippen molar-refractivity contribution in [1.29, 1.82) is 0 Å². The zero-order valence-corrected chi connectivity index (χ0v) is 16.3. The van der Waals surface area contributed by atoms with Crippen molar-refractivity contribution in [2.24, 2.45) is 11.7 Å². The summed E-state index contributed by atoms with van der Waals surface area (Å²) in [4.78, 5) is 11.7. The molecule has 1 aliphatic carbocycles. The summed E-state index contributed by atoms with van der Waals surface area (Å²) in [5, 5.41) is 13.2. The van der Waals surface area contributed by atoms with Crippen molar-refractivity contribution in [1.82, 2.24) is 5.32 Å². The van der Waals surface area contributed by atoms with Gasteiger partial charge in [0.15, 0.2) is 0 Å². The van der Waals surface area contributed by atoms with Gasteiger partial charge in [-0.3, -0.25) is 4.79 Å². The lowest BCUT2D eigenvalue weighted by molar-refractivity contribution is -0.148. The van der Waals surface area contributed by atoms with Crippen molar-refractivity contribution >= 4 is 13.8 Å². The van der Waals surface area contributed by atoms with Crippen LogP contribution in [0.25, 0.3) is 11.1 Å². The van der Waals surface area contributed by atoms with Crippen molar-refractivity contribution < 1.29 is 9.90 Å². The summed E-state index contributed by atoms with van der Waals surface area (Å²) in [5.41, 5.74) is 8.79. The highest BCUT2D eigenvalue weighted by molar-refractivity contribution is 6.08. The molecule has 1 saturated carbocycles. The van der Waals surface area contributed by atoms with Gasteiger partial charge in [-0.2, -0.15) is 0 Å². The van der Waals surface area contributed by atoms with E-state index in [9.17, 15) is 9.90 Å². The number of hydrogen-bond donors (Lipinski definition) is 3. The standard InChI is InChI=1S/C23H29BN2O2/c24-12-5-4-11-23(25,22(27)28)20-14-21(15-20)26-16-17-7-6-10-19(13-17)18-8-2-1-3-9-18/h1-3,6-10,13,20-21,26H,4-5,11-12,14-16,25H2,(H,27,28). The van der Waals surface area contributed by atoms with Gasteiger partial charge in [0.25, 0.3) is 0 Å². The third-order valence-electron chi connectivity index (χ3n) is 5.94. The van der Waals surface area contributed by atoms with Crippen LogP contribution in [0.1, 0.15) is 37.7 Å². The number of aliphatic carboxylic acids is 1. The summed E-state index contributed by atoms with van der Waals surface area (Å²) in [7, 11) is 5.52. The van der Waals surface area contributed by atoms with E-state index in [1.807, 2.05) is 18.2 Å². The zero-order chi connectivity index (χ0) is 20.0. The highest BCUT2D eigenvalue weighted by Gasteiger charge is 2.47. The van der Waals surface area contributed by atoms with Gasteiger partial charge in [-0.15, -0.1) is 0 Å². The van der Waals surface area contributed by atoms with Crippen LogP contribution in [-0.2, 0) is 11.3 Å². The van der Waals surface area contributed by atoms with E-state index in [0.29, 0.717) is 18.8 Å². The number of unbranched alkanes of at least 4 members (excludes halogenated alkanes) is 1. The molecule has 0 aromatic heterocycles. The number of carboxylic acids is 1. The van der Waals surface area contributed by atoms with Gasteiger partial charge in [0.05, 0.1) is 7.85 Å². The first-order valence-corrected chi connectivity index (χ1v) is 10.1. The van der Waals surface area contributed by atoms with Gasteiger partial charge < -0.3 is 16.2 Å². The Morgan fingerprint density at radius 1 is 1.11 bits per heavy atom. The van der Waals surface area contributed by atoms with E-state index in [0.717, 1.165) is 32.2 Å². The molecule has 0 amide bonds. The molecule has 1 aliphatic rings. The summed E-state index contributed by atoms with van der Waals surface area (Å²) in [5.74, 6) is -0.862. The van der Waals surface area contributed by atoms with E-state index >= 15 is 0 Å². The molecule has 4 nitrogen and oxygen atoms in total. The average Bonchev–Trinajstić information content (AvgIpc) is 2.68. The summed E-state index contributed by atoms with van der Waals surface area (Å²) < 4.78 is 0. The summed E-state index contributed by atoms with van der Waals surface area (Å²) >= 11 is 0. The van der Waals surface area contributed by atoms with Gasteiger partial charge in [-0.25, -0.2) is 0 Å². The van der Waals surface area contributed by atoms with Crippen LogP contribution in [0.5, 0.6) is 0 Å². The summed E-state index contributed by atoms with van der Waals surface area (Å²) in [6, 6.07) is 19.2. The Labute approximate surface area is 168 Å². The Morgan fingerprint density at radius 2 is 1.82 bits per heavy atom. The topological polar surface area (TPSA) is 75.4 Å². The van der Waals surface area contributed by atoms with Crippen LogP contribution in [0.3, 0.4) is 0 Å². The number of carbonyl (C=O) groups is 1. The molecule has 0 saturated heterocycles. The monoisotopic (exact) mass is 376 g/mol. The third-order valence-corrected chi connectivity index (χ3v) is 5.94. The maximum atomic E-state index is 11.7. The molecular weight excluding hydrogens is 347 g/mol. The Kier molecular flexibility index (Phi) is 6.92.